The van der Waals surface area contributed by atoms with Crippen molar-refractivity contribution >= 4 is 21.8 Å². The van der Waals surface area contributed by atoms with Crippen LogP contribution in [0.15, 0.2) is 29.0 Å². The van der Waals surface area contributed by atoms with Crippen molar-refractivity contribution in [3.05, 3.63) is 46.0 Å². The first-order chi connectivity index (χ1) is 10.1. The molecule has 0 saturated heterocycles. The molecule has 2 aromatic rings. The van der Waals surface area contributed by atoms with Gasteiger partial charge in [0.05, 0.1) is 10.2 Å². The van der Waals surface area contributed by atoms with Gasteiger partial charge < -0.3 is 4.90 Å². The lowest BCUT2D eigenvalue weighted by molar-refractivity contribution is 0.0722. The minimum atomic E-state index is -0.00936. The highest BCUT2D eigenvalue weighted by molar-refractivity contribution is 9.10. The van der Waals surface area contributed by atoms with Crippen LogP contribution in [0.25, 0.3) is 0 Å². The van der Waals surface area contributed by atoms with Gasteiger partial charge in [0.2, 0.25) is 0 Å². The molecule has 1 saturated carbocycles. The Balaban J connectivity index is 1.87. The summed E-state index contributed by atoms with van der Waals surface area (Å²) in [7, 11) is 1.85. The van der Waals surface area contributed by atoms with Gasteiger partial charge in [-0.2, -0.15) is 5.10 Å². The number of amides is 1. The van der Waals surface area contributed by atoms with E-state index in [4.69, 9.17) is 0 Å². The van der Waals surface area contributed by atoms with E-state index >= 15 is 0 Å². The van der Waals surface area contributed by atoms with Crippen molar-refractivity contribution in [2.24, 2.45) is 7.05 Å². The van der Waals surface area contributed by atoms with Crippen molar-refractivity contribution in [3.8, 4) is 0 Å². The van der Waals surface area contributed by atoms with E-state index in [1.54, 1.807) is 17.1 Å². The summed E-state index contributed by atoms with van der Waals surface area (Å²) in [6.07, 6.45) is 5.65. The first kappa shape index (κ1) is 14.3. The molecule has 0 atom stereocenters. The monoisotopic (exact) mass is 348 g/mol. The minimum absolute atomic E-state index is 0.00936. The Hall–Kier alpha value is -1.69. The number of aryl methyl sites for hydroxylation is 1. The Kier molecular flexibility index (Phi) is 3.80. The summed E-state index contributed by atoms with van der Waals surface area (Å²) < 4.78 is 2.52. The molecule has 2 heterocycles. The highest BCUT2D eigenvalue weighted by atomic mass is 79.9. The highest BCUT2D eigenvalue weighted by Crippen LogP contribution is 2.31. The van der Waals surface area contributed by atoms with Crippen molar-refractivity contribution < 1.29 is 4.79 Å². The molecule has 2 aromatic heterocycles. The first-order valence-corrected chi connectivity index (χ1v) is 7.76. The first-order valence-electron chi connectivity index (χ1n) is 6.97. The molecule has 1 aliphatic rings. The number of nitrogens with zero attached hydrogens (tertiary/aromatic N) is 4. The van der Waals surface area contributed by atoms with Gasteiger partial charge >= 0.3 is 0 Å². The second-order valence-electron chi connectivity index (χ2n) is 5.39. The molecular formula is C15H17BrN4O. The van der Waals surface area contributed by atoms with E-state index in [0.29, 0.717) is 18.3 Å². The summed E-state index contributed by atoms with van der Waals surface area (Å²) in [5.41, 5.74) is 2.54. The molecule has 0 aromatic carbocycles. The van der Waals surface area contributed by atoms with E-state index in [1.807, 2.05) is 31.0 Å². The zero-order valence-electron chi connectivity index (χ0n) is 12.1. The molecule has 1 fully saturated rings. The molecule has 0 N–H and O–H groups in total. The van der Waals surface area contributed by atoms with E-state index in [2.05, 4.69) is 26.0 Å². The van der Waals surface area contributed by atoms with Gasteiger partial charge in [-0.15, -0.1) is 0 Å². The van der Waals surface area contributed by atoms with Crippen LogP contribution in [0.1, 0.15) is 34.6 Å². The molecule has 0 bridgehead atoms. The second kappa shape index (κ2) is 5.60. The molecular weight excluding hydrogens is 332 g/mol. The molecule has 1 amide bonds. The molecule has 5 nitrogen and oxygen atoms in total. The van der Waals surface area contributed by atoms with E-state index in [-0.39, 0.29) is 5.91 Å². The summed E-state index contributed by atoms with van der Waals surface area (Å²) >= 11 is 3.48. The highest BCUT2D eigenvalue weighted by Gasteiger charge is 2.35. The lowest BCUT2D eigenvalue weighted by Crippen LogP contribution is -2.33. The molecule has 21 heavy (non-hydrogen) atoms. The number of hydrogen-bond donors (Lipinski definition) is 0. The van der Waals surface area contributed by atoms with Crippen LogP contribution in [0, 0.1) is 6.92 Å². The second-order valence-corrected chi connectivity index (χ2v) is 6.18. The lowest BCUT2D eigenvalue weighted by Gasteiger charge is -2.21. The van der Waals surface area contributed by atoms with Crippen molar-refractivity contribution in [1.29, 1.82) is 0 Å². The fourth-order valence-corrected chi connectivity index (χ4v) is 2.80. The summed E-state index contributed by atoms with van der Waals surface area (Å²) in [6.45, 7) is 2.55. The molecule has 0 aliphatic heterocycles. The Bertz CT molecular complexity index is 664. The zero-order valence-corrected chi connectivity index (χ0v) is 13.7. The van der Waals surface area contributed by atoms with Gasteiger partial charge in [0, 0.05) is 32.0 Å². The Morgan fingerprint density at radius 3 is 2.62 bits per heavy atom. The van der Waals surface area contributed by atoms with Crippen molar-refractivity contribution in [3.63, 3.8) is 0 Å². The average Bonchev–Trinajstić information content (AvgIpc) is 3.30. The van der Waals surface area contributed by atoms with Crippen LogP contribution in [-0.2, 0) is 13.6 Å². The summed E-state index contributed by atoms with van der Waals surface area (Å²) in [4.78, 5) is 18.8. The maximum atomic E-state index is 12.8. The summed E-state index contributed by atoms with van der Waals surface area (Å²) in [5.74, 6) is -0.00936. The van der Waals surface area contributed by atoms with Gasteiger partial charge in [0.25, 0.3) is 5.91 Å². The molecule has 1 aliphatic carbocycles. The summed E-state index contributed by atoms with van der Waals surface area (Å²) in [5, 5.41) is 4.35. The van der Waals surface area contributed by atoms with Crippen LogP contribution in [0.2, 0.25) is 0 Å². The normalized spacial score (nSPS) is 14.2. The molecule has 6 heteroatoms. The Labute approximate surface area is 132 Å². The van der Waals surface area contributed by atoms with E-state index in [9.17, 15) is 4.79 Å². The van der Waals surface area contributed by atoms with E-state index in [0.717, 1.165) is 28.6 Å². The van der Waals surface area contributed by atoms with Crippen LogP contribution < -0.4 is 0 Å². The third-order valence-corrected chi connectivity index (χ3v) is 4.76. The molecule has 0 radical (unpaired) electrons. The van der Waals surface area contributed by atoms with Crippen LogP contribution in [-0.4, -0.2) is 31.6 Å². The number of carbonyl (C=O) groups is 1. The number of rotatable bonds is 4. The number of hydrogen-bond acceptors (Lipinski definition) is 3. The Morgan fingerprint density at radius 2 is 2.10 bits per heavy atom. The third-order valence-electron chi connectivity index (χ3n) is 3.81. The molecule has 0 unspecified atom stereocenters. The van der Waals surface area contributed by atoms with Gasteiger partial charge in [-0.25, -0.2) is 0 Å². The van der Waals surface area contributed by atoms with E-state index < -0.39 is 0 Å². The number of pyridine rings is 1. The molecule has 0 spiro atoms. The van der Waals surface area contributed by atoms with Crippen LogP contribution in [0.4, 0.5) is 0 Å². The number of carbonyl (C=O) groups excluding carboxylic acids is 1. The zero-order chi connectivity index (χ0) is 15.0. The van der Waals surface area contributed by atoms with Crippen molar-refractivity contribution in [2.45, 2.75) is 32.4 Å². The van der Waals surface area contributed by atoms with Gasteiger partial charge in [0.1, 0.15) is 0 Å². The number of halogens is 1. The maximum absolute atomic E-state index is 12.8. The quantitative estimate of drug-likeness (QED) is 0.853. The third kappa shape index (κ3) is 2.85. The largest absolute Gasteiger partial charge is 0.330 e. The predicted octanol–water partition coefficient (Wildman–Crippen LogP) is 2.69. The van der Waals surface area contributed by atoms with Gasteiger partial charge in [-0.3, -0.25) is 14.5 Å². The molecule has 110 valence electrons. The average molecular weight is 349 g/mol. The molecule has 3 rings (SSSR count). The van der Waals surface area contributed by atoms with Gasteiger partial charge in [0.15, 0.2) is 5.69 Å². The Morgan fingerprint density at radius 1 is 1.43 bits per heavy atom. The van der Waals surface area contributed by atoms with Gasteiger partial charge in [-0.1, -0.05) is 0 Å². The topological polar surface area (TPSA) is 51.0 Å². The minimum Gasteiger partial charge on any atom is -0.330 e. The van der Waals surface area contributed by atoms with Gasteiger partial charge in [-0.05, 0) is 53.4 Å². The fraction of sp³-hybridized carbons (Fsp3) is 0.400. The van der Waals surface area contributed by atoms with Crippen LogP contribution in [0.5, 0.6) is 0 Å². The number of aromatic nitrogens is 3. The summed E-state index contributed by atoms with van der Waals surface area (Å²) in [6, 6.07) is 4.22. The van der Waals surface area contributed by atoms with Crippen molar-refractivity contribution in [2.75, 3.05) is 0 Å². The van der Waals surface area contributed by atoms with Crippen LogP contribution >= 0.6 is 15.9 Å². The fourth-order valence-electron chi connectivity index (χ4n) is 2.29. The smallest absolute Gasteiger partial charge is 0.276 e. The van der Waals surface area contributed by atoms with Crippen LogP contribution in [0.3, 0.4) is 0 Å². The SMILES string of the molecule is Cc1c(Br)c(C(=O)N(Cc2ccncc2)C2CC2)nn1C. The standard InChI is InChI=1S/C15H17BrN4O/c1-10-13(16)14(18-19(10)2)15(21)20(12-3-4-12)9-11-5-7-17-8-6-11/h5-8,12H,3-4,9H2,1-2H3. The van der Waals surface area contributed by atoms with E-state index in [1.165, 1.54) is 0 Å². The predicted molar refractivity (Wildman–Crippen MR) is 82.8 cm³/mol. The lowest BCUT2D eigenvalue weighted by atomic mass is 10.2. The maximum Gasteiger partial charge on any atom is 0.276 e. The van der Waals surface area contributed by atoms with Crippen molar-refractivity contribution in [1.82, 2.24) is 19.7 Å².